The van der Waals surface area contributed by atoms with Crippen LogP contribution in [0.4, 0.5) is 4.39 Å². The molecule has 0 aliphatic rings. The molecule has 0 radical (unpaired) electrons. The molecule has 0 saturated carbocycles. The summed E-state index contributed by atoms with van der Waals surface area (Å²) < 4.78 is 19.1. The maximum Gasteiger partial charge on any atom is 0.257 e. The fourth-order valence-electron chi connectivity index (χ4n) is 2.41. The molecule has 0 unspecified atom stereocenters. The van der Waals surface area contributed by atoms with Crippen molar-refractivity contribution in [2.24, 2.45) is 0 Å². The Labute approximate surface area is 139 Å². The van der Waals surface area contributed by atoms with Crippen LogP contribution in [0.5, 0.6) is 0 Å². The molecular formula is C18H16ClFN2O. The molecule has 2 aromatic carbocycles. The van der Waals surface area contributed by atoms with Gasteiger partial charge in [0, 0.05) is 22.6 Å². The number of rotatable bonds is 5. The molecule has 0 aliphatic heterocycles. The van der Waals surface area contributed by atoms with Gasteiger partial charge >= 0.3 is 0 Å². The molecule has 0 spiro atoms. The summed E-state index contributed by atoms with van der Waals surface area (Å²) >= 11 is 6.02. The van der Waals surface area contributed by atoms with Crippen LogP contribution in [0.3, 0.4) is 0 Å². The van der Waals surface area contributed by atoms with E-state index in [1.54, 1.807) is 12.1 Å². The van der Waals surface area contributed by atoms with Crippen molar-refractivity contribution in [1.29, 1.82) is 0 Å². The number of benzene rings is 2. The fourth-order valence-corrected chi connectivity index (χ4v) is 2.63. The molecule has 0 amide bonds. The van der Waals surface area contributed by atoms with Gasteiger partial charge in [0.15, 0.2) is 5.82 Å². The summed E-state index contributed by atoms with van der Waals surface area (Å²) in [6.45, 7) is 2.14. The Hall–Kier alpha value is -2.20. The number of nitrogens with zero attached hydrogens (tertiary/aromatic N) is 2. The summed E-state index contributed by atoms with van der Waals surface area (Å²) in [4.78, 5) is 4.33. The first-order valence-electron chi connectivity index (χ1n) is 7.52. The molecule has 5 heteroatoms. The molecule has 0 fully saturated rings. The van der Waals surface area contributed by atoms with E-state index in [2.05, 4.69) is 29.2 Å². The number of hydrogen-bond donors (Lipinski definition) is 0. The molecule has 0 saturated heterocycles. The second kappa shape index (κ2) is 6.92. The Morgan fingerprint density at radius 1 is 1.13 bits per heavy atom. The van der Waals surface area contributed by atoms with Gasteiger partial charge in [-0.15, -0.1) is 0 Å². The van der Waals surface area contributed by atoms with Crippen LogP contribution >= 0.6 is 11.6 Å². The Balaban J connectivity index is 1.80. The van der Waals surface area contributed by atoms with Crippen molar-refractivity contribution in [3.05, 3.63) is 70.3 Å². The van der Waals surface area contributed by atoms with Gasteiger partial charge in [0.2, 0.25) is 0 Å². The molecule has 118 valence electrons. The smallest absolute Gasteiger partial charge is 0.257 e. The number of halogens is 2. The van der Waals surface area contributed by atoms with E-state index in [9.17, 15) is 4.39 Å². The summed E-state index contributed by atoms with van der Waals surface area (Å²) in [5.41, 5.74) is 2.50. The highest BCUT2D eigenvalue weighted by molar-refractivity contribution is 6.31. The lowest BCUT2D eigenvalue weighted by Crippen LogP contribution is -1.96. The Morgan fingerprint density at radius 3 is 2.61 bits per heavy atom. The maximum absolute atomic E-state index is 13.8. The number of hydrogen-bond acceptors (Lipinski definition) is 3. The molecular weight excluding hydrogens is 315 g/mol. The molecule has 0 aliphatic carbocycles. The van der Waals surface area contributed by atoms with Gasteiger partial charge in [-0.1, -0.05) is 48.3 Å². The van der Waals surface area contributed by atoms with E-state index in [1.807, 2.05) is 12.1 Å². The minimum Gasteiger partial charge on any atom is -0.334 e. The van der Waals surface area contributed by atoms with Crippen molar-refractivity contribution < 1.29 is 8.91 Å². The van der Waals surface area contributed by atoms with Gasteiger partial charge < -0.3 is 4.52 Å². The van der Waals surface area contributed by atoms with Gasteiger partial charge in [-0.05, 0) is 36.2 Å². The fraction of sp³-hybridized carbons (Fsp3) is 0.222. The summed E-state index contributed by atoms with van der Waals surface area (Å²) in [6, 6.07) is 12.6. The van der Waals surface area contributed by atoms with E-state index in [0.717, 1.165) is 18.4 Å². The van der Waals surface area contributed by atoms with Gasteiger partial charge in [0.25, 0.3) is 5.89 Å². The first-order valence-corrected chi connectivity index (χ1v) is 7.90. The van der Waals surface area contributed by atoms with Crippen LogP contribution < -0.4 is 0 Å². The van der Waals surface area contributed by atoms with Gasteiger partial charge in [0.1, 0.15) is 5.82 Å². The van der Waals surface area contributed by atoms with Crippen LogP contribution in [0.1, 0.15) is 30.3 Å². The average molecular weight is 331 g/mol. The zero-order valence-electron chi connectivity index (χ0n) is 12.7. The Morgan fingerprint density at radius 2 is 1.91 bits per heavy atom. The highest BCUT2D eigenvalue weighted by Gasteiger charge is 2.13. The molecule has 3 nitrogen and oxygen atoms in total. The Bertz CT molecular complexity index is 779. The Kier molecular flexibility index (Phi) is 4.72. The van der Waals surface area contributed by atoms with Gasteiger partial charge in [0.05, 0.1) is 0 Å². The van der Waals surface area contributed by atoms with Crippen molar-refractivity contribution in [1.82, 2.24) is 10.1 Å². The minimum absolute atomic E-state index is 0.197. The van der Waals surface area contributed by atoms with Crippen molar-refractivity contribution >= 4 is 11.6 Å². The first kappa shape index (κ1) is 15.7. The zero-order chi connectivity index (χ0) is 16.2. The standard InChI is InChI=1S/C18H16ClFN2O/c1-2-4-12-7-9-13(10-8-12)18-21-17(22-23-18)11-14-15(19)5-3-6-16(14)20/h3,5-10H,2,4,11H2,1H3. The molecule has 1 heterocycles. The van der Waals surface area contributed by atoms with E-state index in [0.29, 0.717) is 22.3 Å². The predicted octanol–water partition coefficient (Wildman–Crippen LogP) is 5.07. The number of aromatic nitrogens is 2. The third kappa shape index (κ3) is 3.59. The summed E-state index contributed by atoms with van der Waals surface area (Å²) in [5.74, 6) is 0.466. The van der Waals surface area contributed by atoms with Crippen LogP contribution in [0.2, 0.25) is 5.02 Å². The lowest BCUT2D eigenvalue weighted by Gasteiger charge is -2.02. The summed E-state index contributed by atoms with van der Waals surface area (Å²) in [7, 11) is 0. The first-order chi connectivity index (χ1) is 11.2. The quantitative estimate of drug-likeness (QED) is 0.655. The molecule has 0 bridgehead atoms. The van der Waals surface area contributed by atoms with Crippen LogP contribution in [-0.2, 0) is 12.8 Å². The third-order valence-electron chi connectivity index (χ3n) is 3.60. The van der Waals surface area contributed by atoms with Crippen molar-refractivity contribution in [2.75, 3.05) is 0 Å². The minimum atomic E-state index is -0.368. The highest BCUT2D eigenvalue weighted by Crippen LogP contribution is 2.23. The number of aryl methyl sites for hydroxylation is 1. The van der Waals surface area contributed by atoms with Crippen LogP contribution in [0, 0.1) is 5.82 Å². The summed E-state index contributed by atoms with van der Waals surface area (Å²) in [6.07, 6.45) is 2.34. The van der Waals surface area contributed by atoms with E-state index in [-0.39, 0.29) is 12.2 Å². The molecule has 0 atom stereocenters. The van der Waals surface area contributed by atoms with E-state index < -0.39 is 0 Å². The topological polar surface area (TPSA) is 38.9 Å². The third-order valence-corrected chi connectivity index (χ3v) is 3.96. The SMILES string of the molecule is CCCc1ccc(-c2nc(Cc3c(F)cccc3Cl)no2)cc1. The van der Waals surface area contributed by atoms with Gasteiger partial charge in [-0.3, -0.25) is 0 Å². The normalized spacial score (nSPS) is 10.9. The van der Waals surface area contributed by atoms with Crippen molar-refractivity contribution in [2.45, 2.75) is 26.2 Å². The molecule has 1 aromatic heterocycles. The van der Waals surface area contributed by atoms with E-state index in [4.69, 9.17) is 16.1 Å². The average Bonchev–Trinajstić information content (AvgIpc) is 3.01. The predicted molar refractivity (Wildman–Crippen MR) is 87.9 cm³/mol. The monoisotopic (exact) mass is 330 g/mol. The summed E-state index contributed by atoms with van der Waals surface area (Å²) in [5, 5.41) is 4.28. The molecule has 23 heavy (non-hydrogen) atoms. The molecule has 0 N–H and O–H groups in total. The largest absolute Gasteiger partial charge is 0.334 e. The van der Waals surface area contributed by atoms with Crippen LogP contribution in [0.25, 0.3) is 11.5 Å². The van der Waals surface area contributed by atoms with Gasteiger partial charge in [-0.25, -0.2) is 4.39 Å². The van der Waals surface area contributed by atoms with Gasteiger partial charge in [-0.2, -0.15) is 4.98 Å². The lowest BCUT2D eigenvalue weighted by molar-refractivity contribution is 0.423. The van der Waals surface area contributed by atoms with Crippen LogP contribution in [-0.4, -0.2) is 10.1 Å². The molecule has 3 rings (SSSR count). The van der Waals surface area contributed by atoms with E-state index in [1.165, 1.54) is 11.6 Å². The van der Waals surface area contributed by atoms with Crippen molar-refractivity contribution in [3.63, 3.8) is 0 Å². The highest BCUT2D eigenvalue weighted by atomic mass is 35.5. The maximum atomic E-state index is 13.8. The second-order valence-corrected chi connectivity index (χ2v) is 5.75. The van der Waals surface area contributed by atoms with Crippen LogP contribution in [0.15, 0.2) is 47.0 Å². The van der Waals surface area contributed by atoms with Crippen molar-refractivity contribution in [3.8, 4) is 11.5 Å². The lowest BCUT2D eigenvalue weighted by atomic mass is 10.1. The van der Waals surface area contributed by atoms with E-state index >= 15 is 0 Å². The zero-order valence-corrected chi connectivity index (χ0v) is 13.5. The molecule has 3 aromatic rings. The second-order valence-electron chi connectivity index (χ2n) is 5.34.